The zero-order valence-corrected chi connectivity index (χ0v) is 11.0. The zero-order valence-electron chi connectivity index (χ0n) is 11.0. The van der Waals surface area contributed by atoms with Gasteiger partial charge in [-0.15, -0.1) is 0 Å². The van der Waals surface area contributed by atoms with Crippen LogP contribution in [-0.4, -0.2) is 33.6 Å². The van der Waals surface area contributed by atoms with E-state index in [-0.39, 0.29) is 5.52 Å². The molecule has 20 heavy (non-hydrogen) atoms. The van der Waals surface area contributed by atoms with Gasteiger partial charge in [-0.2, -0.15) is 0 Å². The number of nitrogens with zero attached hydrogens (tertiary/aromatic N) is 3. The van der Waals surface area contributed by atoms with Gasteiger partial charge in [-0.25, -0.2) is 9.78 Å². The molecule has 3 rings (SSSR count). The lowest BCUT2D eigenvalue weighted by molar-refractivity contribution is 0.957. The van der Waals surface area contributed by atoms with Gasteiger partial charge in [0.05, 0.1) is 5.69 Å². The van der Waals surface area contributed by atoms with Crippen molar-refractivity contribution in [1.29, 1.82) is 0 Å². The van der Waals surface area contributed by atoms with Crippen LogP contribution in [-0.2, 0) is 0 Å². The van der Waals surface area contributed by atoms with Crippen LogP contribution in [0.2, 0.25) is 0 Å². The van der Waals surface area contributed by atoms with Gasteiger partial charge in [-0.3, -0.25) is 19.3 Å². The highest BCUT2D eigenvalue weighted by atomic mass is 16.2. The number of benzene rings is 1. The Kier molecular flexibility index (Phi) is 2.67. The van der Waals surface area contributed by atoms with Gasteiger partial charge in [0.1, 0.15) is 0 Å². The van der Waals surface area contributed by atoms with E-state index < -0.39 is 11.2 Å². The van der Waals surface area contributed by atoms with E-state index in [1.165, 1.54) is 0 Å². The molecular formula is C13H13N5O2. The van der Waals surface area contributed by atoms with Gasteiger partial charge < -0.3 is 4.90 Å². The lowest BCUT2D eigenvalue weighted by Gasteiger charge is -2.14. The Bertz CT molecular complexity index is 873. The molecule has 0 radical (unpaired) electrons. The number of imidazole rings is 1. The Balaban J connectivity index is 2.48. The van der Waals surface area contributed by atoms with E-state index in [1.807, 2.05) is 44.4 Å². The summed E-state index contributed by atoms with van der Waals surface area (Å²) in [5, 5.41) is 0. The van der Waals surface area contributed by atoms with Crippen LogP contribution in [0.15, 0.2) is 39.9 Å². The zero-order chi connectivity index (χ0) is 14.3. The number of aromatic nitrogens is 4. The summed E-state index contributed by atoms with van der Waals surface area (Å²) in [5.74, 6) is 0.568. The van der Waals surface area contributed by atoms with Crippen molar-refractivity contribution in [2.45, 2.75) is 0 Å². The van der Waals surface area contributed by atoms with Gasteiger partial charge in [0.2, 0.25) is 5.95 Å². The minimum absolute atomic E-state index is 0.206. The van der Waals surface area contributed by atoms with Crippen LogP contribution in [0, 0.1) is 0 Å². The Labute approximate surface area is 113 Å². The SMILES string of the molecule is CN(C)c1nc2c(=O)[nH]c(=O)[nH]c2n1-c1ccccc1. The molecule has 0 aliphatic heterocycles. The van der Waals surface area contributed by atoms with Crippen molar-refractivity contribution in [1.82, 2.24) is 19.5 Å². The van der Waals surface area contributed by atoms with Gasteiger partial charge in [0.25, 0.3) is 5.56 Å². The number of hydrogen-bond acceptors (Lipinski definition) is 4. The summed E-state index contributed by atoms with van der Waals surface area (Å²) in [6, 6.07) is 9.42. The summed E-state index contributed by atoms with van der Waals surface area (Å²) in [5.41, 5.74) is 0.358. The largest absolute Gasteiger partial charge is 0.348 e. The van der Waals surface area contributed by atoms with Crippen LogP contribution in [0.4, 0.5) is 5.95 Å². The normalized spacial score (nSPS) is 10.9. The van der Waals surface area contributed by atoms with Crippen LogP contribution in [0.25, 0.3) is 16.9 Å². The second-order valence-corrected chi connectivity index (χ2v) is 4.58. The molecule has 1 aromatic carbocycles. The lowest BCUT2D eigenvalue weighted by atomic mass is 10.3. The Morgan fingerprint density at radius 1 is 1.10 bits per heavy atom. The average Bonchev–Trinajstić information content (AvgIpc) is 2.79. The number of fused-ring (bicyclic) bond motifs is 1. The molecule has 0 bridgehead atoms. The van der Waals surface area contributed by atoms with E-state index in [1.54, 1.807) is 9.47 Å². The molecule has 0 fully saturated rings. The Morgan fingerprint density at radius 3 is 2.45 bits per heavy atom. The molecule has 2 aromatic heterocycles. The number of hydrogen-bond donors (Lipinski definition) is 2. The quantitative estimate of drug-likeness (QED) is 0.709. The molecule has 0 aliphatic rings. The third-order valence-electron chi connectivity index (χ3n) is 2.95. The lowest BCUT2D eigenvalue weighted by Crippen LogP contribution is -2.22. The summed E-state index contributed by atoms with van der Waals surface area (Å²) in [6.45, 7) is 0. The number of H-pyrrole nitrogens is 2. The van der Waals surface area contributed by atoms with Gasteiger partial charge in [0.15, 0.2) is 11.2 Å². The Morgan fingerprint density at radius 2 is 1.80 bits per heavy atom. The van der Waals surface area contributed by atoms with E-state index in [0.717, 1.165) is 5.69 Å². The second-order valence-electron chi connectivity index (χ2n) is 4.58. The molecule has 0 atom stereocenters. The highest BCUT2D eigenvalue weighted by molar-refractivity contribution is 5.76. The molecule has 0 saturated heterocycles. The highest BCUT2D eigenvalue weighted by Gasteiger charge is 2.17. The van der Waals surface area contributed by atoms with Crippen molar-refractivity contribution in [2.75, 3.05) is 19.0 Å². The van der Waals surface area contributed by atoms with E-state index in [4.69, 9.17) is 0 Å². The van der Waals surface area contributed by atoms with Crippen molar-refractivity contribution in [3.8, 4) is 5.69 Å². The molecule has 0 amide bonds. The average molecular weight is 271 g/mol. The van der Waals surface area contributed by atoms with Crippen LogP contribution in [0.3, 0.4) is 0 Å². The maximum atomic E-state index is 11.8. The van der Waals surface area contributed by atoms with Crippen molar-refractivity contribution in [3.63, 3.8) is 0 Å². The van der Waals surface area contributed by atoms with Gasteiger partial charge in [-0.05, 0) is 12.1 Å². The number of nitrogens with one attached hydrogen (secondary N) is 2. The van der Waals surface area contributed by atoms with Crippen LogP contribution in [0.5, 0.6) is 0 Å². The molecule has 102 valence electrons. The number of anilines is 1. The summed E-state index contributed by atoms with van der Waals surface area (Å²) in [4.78, 5) is 34.3. The topological polar surface area (TPSA) is 86.8 Å². The molecular weight excluding hydrogens is 258 g/mol. The van der Waals surface area contributed by atoms with E-state index in [9.17, 15) is 9.59 Å². The molecule has 7 heteroatoms. The third-order valence-corrected chi connectivity index (χ3v) is 2.95. The third kappa shape index (κ3) is 1.80. The smallest absolute Gasteiger partial charge is 0.327 e. The van der Waals surface area contributed by atoms with Gasteiger partial charge >= 0.3 is 5.69 Å². The molecule has 0 spiro atoms. The monoisotopic (exact) mass is 271 g/mol. The molecule has 0 aliphatic carbocycles. The van der Waals surface area contributed by atoms with Crippen molar-refractivity contribution >= 4 is 17.1 Å². The van der Waals surface area contributed by atoms with Crippen LogP contribution >= 0.6 is 0 Å². The first-order chi connectivity index (χ1) is 9.58. The number of para-hydroxylation sites is 1. The summed E-state index contributed by atoms with van der Waals surface area (Å²) in [7, 11) is 3.65. The van der Waals surface area contributed by atoms with E-state index in [2.05, 4.69) is 15.0 Å². The predicted molar refractivity (Wildman–Crippen MR) is 76.6 cm³/mol. The Hall–Kier alpha value is -2.83. The van der Waals surface area contributed by atoms with E-state index in [0.29, 0.717) is 11.6 Å². The predicted octanol–water partition coefficient (Wildman–Crippen LogP) is 0.468. The maximum absolute atomic E-state index is 11.8. The molecule has 7 nitrogen and oxygen atoms in total. The highest BCUT2D eigenvalue weighted by Crippen LogP contribution is 2.22. The summed E-state index contributed by atoms with van der Waals surface area (Å²) < 4.78 is 1.74. The number of aromatic amines is 2. The standard InChI is InChI=1S/C13H13N5O2/c1-17(2)13-14-9-10(15-12(20)16-11(9)19)18(13)8-6-4-3-5-7-8/h3-7H,1-2H3,(H2,15,16,19,20). The first-order valence-electron chi connectivity index (χ1n) is 6.05. The second kappa shape index (κ2) is 4.37. The molecule has 0 unspecified atom stereocenters. The molecule has 0 saturated carbocycles. The van der Waals surface area contributed by atoms with Gasteiger partial charge in [-0.1, -0.05) is 18.2 Å². The molecule has 2 N–H and O–H groups in total. The first kappa shape index (κ1) is 12.2. The van der Waals surface area contributed by atoms with Crippen molar-refractivity contribution < 1.29 is 0 Å². The van der Waals surface area contributed by atoms with Crippen molar-refractivity contribution in [3.05, 3.63) is 51.2 Å². The van der Waals surface area contributed by atoms with Crippen molar-refractivity contribution in [2.24, 2.45) is 0 Å². The molecule has 2 heterocycles. The number of rotatable bonds is 2. The minimum Gasteiger partial charge on any atom is -0.348 e. The maximum Gasteiger partial charge on any atom is 0.327 e. The van der Waals surface area contributed by atoms with Gasteiger partial charge in [0, 0.05) is 14.1 Å². The fourth-order valence-corrected chi connectivity index (χ4v) is 2.11. The van der Waals surface area contributed by atoms with E-state index >= 15 is 0 Å². The fourth-order valence-electron chi connectivity index (χ4n) is 2.11. The fraction of sp³-hybridized carbons (Fsp3) is 0.154. The minimum atomic E-state index is -0.551. The summed E-state index contributed by atoms with van der Waals surface area (Å²) in [6.07, 6.45) is 0. The van der Waals surface area contributed by atoms with Crippen LogP contribution < -0.4 is 16.1 Å². The molecule has 3 aromatic rings. The first-order valence-corrected chi connectivity index (χ1v) is 6.05. The summed E-state index contributed by atoms with van der Waals surface area (Å²) >= 11 is 0. The van der Waals surface area contributed by atoms with Crippen LogP contribution in [0.1, 0.15) is 0 Å².